The van der Waals surface area contributed by atoms with Crippen LogP contribution in [0, 0.1) is 0 Å². The van der Waals surface area contributed by atoms with Crippen LogP contribution in [0.15, 0.2) is 182 Å². The average Bonchev–Trinajstić information content (AvgIpc) is 3.52. The van der Waals surface area contributed by atoms with Crippen LogP contribution in [0.1, 0.15) is 68.6 Å². The summed E-state index contributed by atoms with van der Waals surface area (Å²) in [6.07, 6.45) is 6.52. The molecule has 0 bridgehead atoms. The molecule has 9 aromatic rings. The summed E-state index contributed by atoms with van der Waals surface area (Å²) in [6, 6.07) is 68.4. The third kappa shape index (κ3) is 5.52. The molecule has 2 aliphatic carbocycles. The zero-order valence-electron chi connectivity index (χ0n) is 33.4. The highest BCUT2D eigenvalue weighted by atomic mass is 15.1. The number of fused-ring (bicyclic) bond motifs is 7. The van der Waals surface area contributed by atoms with Crippen molar-refractivity contribution in [2.75, 3.05) is 4.90 Å². The highest BCUT2D eigenvalue weighted by Crippen LogP contribution is 2.55. The third-order valence-electron chi connectivity index (χ3n) is 13.5. The van der Waals surface area contributed by atoms with Crippen molar-refractivity contribution in [1.82, 2.24) is 0 Å². The third-order valence-corrected chi connectivity index (χ3v) is 13.5. The van der Waals surface area contributed by atoms with E-state index in [0.29, 0.717) is 5.92 Å². The number of benzene rings is 9. The van der Waals surface area contributed by atoms with Gasteiger partial charge in [-0.3, -0.25) is 0 Å². The molecule has 1 nitrogen and oxygen atoms in total. The SMILES string of the molecule is CC1(C)c2ccccc2-c2c(N(c3ccc(-c4cccc5c4ccc4ccccc45)cc3)c3ccccc3-c3cccc4cccc(C5CCCCC5)c34)cccc21. The molecule has 0 atom stereocenters. The van der Waals surface area contributed by atoms with E-state index in [4.69, 9.17) is 0 Å². The van der Waals surface area contributed by atoms with Crippen molar-refractivity contribution < 1.29 is 0 Å². The number of para-hydroxylation sites is 1. The van der Waals surface area contributed by atoms with E-state index < -0.39 is 0 Å². The summed E-state index contributed by atoms with van der Waals surface area (Å²) in [6.45, 7) is 4.76. The largest absolute Gasteiger partial charge is 0.309 e. The molecule has 0 saturated heterocycles. The zero-order chi connectivity index (χ0) is 38.8. The Bertz CT molecular complexity index is 3010. The van der Waals surface area contributed by atoms with Crippen LogP contribution in [0.4, 0.5) is 17.1 Å². The van der Waals surface area contributed by atoms with E-state index in [1.807, 2.05) is 0 Å². The summed E-state index contributed by atoms with van der Waals surface area (Å²) in [5.41, 5.74) is 15.4. The van der Waals surface area contributed by atoms with Gasteiger partial charge in [-0.05, 0) is 114 Å². The van der Waals surface area contributed by atoms with Crippen LogP contribution in [-0.2, 0) is 5.41 Å². The molecule has 0 aliphatic heterocycles. The Hall–Kier alpha value is -6.44. The number of hydrogen-bond acceptors (Lipinski definition) is 1. The summed E-state index contributed by atoms with van der Waals surface area (Å²) in [4.78, 5) is 2.55. The fourth-order valence-electron chi connectivity index (χ4n) is 10.7. The maximum Gasteiger partial charge on any atom is 0.0543 e. The van der Waals surface area contributed by atoms with Gasteiger partial charge in [0.15, 0.2) is 0 Å². The molecule has 1 heteroatoms. The molecule has 0 radical (unpaired) electrons. The molecule has 58 heavy (non-hydrogen) atoms. The molecule has 11 rings (SSSR count). The monoisotopic (exact) mass is 745 g/mol. The molecule has 9 aromatic carbocycles. The van der Waals surface area contributed by atoms with Gasteiger partial charge in [0.1, 0.15) is 0 Å². The smallest absolute Gasteiger partial charge is 0.0543 e. The number of hydrogen-bond donors (Lipinski definition) is 0. The van der Waals surface area contributed by atoms with Crippen molar-refractivity contribution in [2.24, 2.45) is 0 Å². The molecule has 0 heterocycles. The fourth-order valence-corrected chi connectivity index (χ4v) is 10.7. The first-order valence-electron chi connectivity index (χ1n) is 21.2. The second kappa shape index (κ2) is 13.9. The Labute approximate surface area is 342 Å². The van der Waals surface area contributed by atoms with Crippen LogP contribution in [0.3, 0.4) is 0 Å². The highest BCUT2D eigenvalue weighted by Gasteiger charge is 2.38. The summed E-state index contributed by atoms with van der Waals surface area (Å²) in [5.74, 6) is 0.595. The Morgan fingerprint density at radius 3 is 1.91 bits per heavy atom. The van der Waals surface area contributed by atoms with E-state index in [0.717, 1.165) is 5.69 Å². The van der Waals surface area contributed by atoms with Crippen molar-refractivity contribution in [1.29, 1.82) is 0 Å². The van der Waals surface area contributed by atoms with E-state index in [1.165, 1.54) is 126 Å². The van der Waals surface area contributed by atoms with Gasteiger partial charge in [0.05, 0.1) is 11.4 Å². The molecule has 0 spiro atoms. The molecule has 0 aromatic heterocycles. The summed E-state index contributed by atoms with van der Waals surface area (Å²) in [7, 11) is 0. The van der Waals surface area contributed by atoms with Crippen molar-refractivity contribution in [3.8, 4) is 33.4 Å². The predicted octanol–water partition coefficient (Wildman–Crippen LogP) is 16.3. The Balaban J connectivity index is 1.13. The van der Waals surface area contributed by atoms with Crippen LogP contribution in [-0.4, -0.2) is 0 Å². The fraction of sp³-hybridized carbons (Fsp3) is 0.158. The van der Waals surface area contributed by atoms with E-state index >= 15 is 0 Å². The first-order chi connectivity index (χ1) is 28.6. The second-order valence-electron chi connectivity index (χ2n) is 17.0. The number of nitrogens with zero attached hydrogens (tertiary/aromatic N) is 1. The maximum absolute atomic E-state index is 2.55. The summed E-state index contributed by atoms with van der Waals surface area (Å²) < 4.78 is 0. The lowest BCUT2D eigenvalue weighted by molar-refractivity contribution is 0.445. The normalized spacial score (nSPS) is 14.8. The van der Waals surface area contributed by atoms with Crippen LogP contribution in [0.2, 0.25) is 0 Å². The minimum Gasteiger partial charge on any atom is -0.309 e. The van der Waals surface area contributed by atoms with Crippen molar-refractivity contribution in [3.63, 3.8) is 0 Å². The average molecular weight is 746 g/mol. The molecule has 0 amide bonds. The topological polar surface area (TPSA) is 3.24 Å². The van der Waals surface area contributed by atoms with Gasteiger partial charge in [-0.1, -0.05) is 191 Å². The van der Waals surface area contributed by atoms with Gasteiger partial charge in [0.25, 0.3) is 0 Å². The first-order valence-corrected chi connectivity index (χ1v) is 21.2. The van der Waals surface area contributed by atoms with Gasteiger partial charge >= 0.3 is 0 Å². The lowest BCUT2D eigenvalue weighted by Gasteiger charge is -2.31. The molecule has 0 N–H and O–H groups in total. The molecular weight excluding hydrogens is 699 g/mol. The van der Waals surface area contributed by atoms with Crippen molar-refractivity contribution in [3.05, 3.63) is 199 Å². The van der Waals surface area contributed by atoms with Crippen LogP contribution in [0.5, 0.6) is 0 Å². The van der Waals surface area contributed by atoms with E-state index in [1.54, 1.807) is 0 Å². The van der Waals surface area contributed by atoms with E-state index in [2.05, 4.69) is 201 Å². The van der Waals surface area contributed by atoms with Crippen LogP contribution < -0.4 is 4.90 Å². The van der Waals surface area contributed by atoms with Crippen LogP contribution >= 0.6 is 0 Å². The second-order valence-corrected chi connectivity index (χ2v) is 17.0. The van der Waals surface area contributed by atoms with Gasteiger partial charge < -0.3 is 4.90 Å². The zero-order valence-corrected chi connectivity index (χ0v) is 33.4. The minimum absolute atomic E-state index is 0.111. The summed E-state index contributed by atoms with van der Waals surface area (Å²) >= 11 is 0. The molecule has 280 valence electrons. The van der Waals surface area contributed by atoms with E-state index in [-0.39, 0.29) is 5.41 Å². The molecule has 1 fully saturated rings. The number of anilines is 3. The predicted molar refractivity (Wildman–Crippen MR) is 248 cm³/mol. The Morgan fingerprint density at radius 2 is 1.05 bits per heavy atom. The maximum atomic E-state index is 2.55. The quantitative estimate of drug-likeness (QED) is 0.153. The Kier molecular flexibility index (Phi) is 8.33. The lowest BCUT2D eigenvalue weighted by atomic mass is 9.80. The van der Waals surface area contributed by atoms with Crippen molar-refractivity contribution >= 4 is 49.4 Å². The molecule has 2 aliphatic rings. The number of rotatable bonds is 6. The first kappa shape index (κ1) is 34.8. The van der Waals surface area contributed by atoms with Crippen LogP contribution in [0.25, 0.3) is 65.7 Å². The Morgan fingerprint density at radius 1 is 0.431 bits per heavy atom. The van der Waals surface area contributed by atoms with Gasteiger partial charge in [-0.15, -0.1) is 0 Å². The van der Waals surface area contributed by atoms with Crippen molar-refractivity contribution in [2.45, 2.75) is 57.3 Å². The molecule has 1 saturated carbocycles. The van der Waals surface area contributed by atoms with E-state index in [9.17, 15) is 0 Å². The summed E-state index contributed by atoms with van der Waals surface area (Å²) in [5, 5.41) is 7.87. The minimum atomic E-state index is -0.111. The van der Waals surface area contributed by atoms with Gasteiger partial charge in [0, 0.05) is 22.2 Å². The molecular formula is C57H47N. The van der Waals surface area contributed by atoms with Gasteiger partial charge in [0.2, 0.25) is 0 Å². The highest BCUT2D eigenvalue weighted by molar-refractivity contribution is 6.12. The molecule has 0 unspecified atom stereocenters. The van der Waals surface area contributed by atoms with Gasteiger partial charge in [-0.25, -0.2) is 0 Å². The lowest BCUT2D eigenvalue weighted by Crippen LogP contribution is -2.16. The van der Waals surface area contributed by atoms with Gasteiger partial charge in [-0.2, -0.15) is 0 Å². The standard InChI is InChI=1S/C57H47N/c1-57(2)51-28-10-8-23-50(51)56-52(57)29-15-31-54(56)58(42-35-32-40(33-36-42)44-24-14-26-46-43-21-7-6-18-39(43)34-37-47(44)46)53-30-11-9-22-48(53)49-27-13-20-41-19-12-25-45(55(41)49)38-16-4-3-5-17-38/h6-15,18-38H,3-5,16-17H2,1-2H3.